The van der Waals surface area contributed by atoms with Crippen LogP contribution in [0.2, 0.25) is 0 Å². The Morgan fingerprint density at radius 3 is 1.18 bits per heavy atom. The van der Waals surface area contributed by atoms with Crippen molar-refractivity contribution in [2.45, 2.75) is 26.7 Å². The molecule has 0 aliphatic heterocycles. The van der Waals surface area contributed by atoms with Crippen LogP contribution in [0.3, 0.4) is 0 Å². The molecule has 0 aliphatic carbocycles. The SMILES string of the molecule is CC(C)(C(=O)OC(=CCc1ccccc1)c1ccccc1)C(=O)OC(=CCc1ccccc1)c1ccccc1. The van der Waals surface area contributed by atoms with Gasteiger partial charge in [0.25, 0.3) is 0 Å². The summed E-state index contributed by atoms with van der Waals surface area (Å²) < 4.78 is 11.7. The van der Waals surface area contributed by atoms with Crippen molar-refractivity contribution >= 4 is 23.5 Å². The van der Waals surface area contributed by atoms with E-state index in [1.165, 1.54) is 13.8 Å². The van der Waals surface area contributed by atoms with Crippen molar-refractivity contribution in [2.75, 3.05) is 0 Å². The molecule has 0 atom stereocenters. The van der Waals surface area contributed by atoms with Gasteiger partial charge in [-0.3, -0.25) is 9.59 Å². The van der Waals surface area contributed by atoms with Gasteiger partial charge < -0.3 is 9.47 Å². The average molecular weight is 517 g/mol. The van der Waals surface area contributed by atoms with Crippen molar-refractivity contribution in [3.05, 3.63) is 156 Å². The highest BCUT2D eigenvalue weighted by molar-refractivity contribution is 6.02. The summed E-state index contributed by atoms with van der Waals surface area (Å²) in [5.41, 5.74) is 2.10. The zero-order valence-corrected chi connectivity index (χ0v) is 22.2. The molecule has 0 aliphatic rings. The maximum atomic E-state index is 13.4. The lowest BCUT2D eigenvalue weighted by Crippen LogP contribution is -2.36. The van der Waals surface area contributed by atoms with Gasteiger partial charge in [0.1, 0.15) is 11.5 Å². The van der Waals surface area contributed by atoms with Gasteiger partial charge in [-0.25, -0.2) is 0 Å². The van der Waals surface area contributed by atoms with Gasteiger partial charge in [-0.2, -0.15) is 0 Å². The zero-order chi connectivity index (χ0) is 27.5. The first-order valence-corrected chi connectivity index (χ1v) is 13.0. The minimum atomic E-state index is -1.55. The first-order chi connectivity index (χ1) is 18.9. The Hall–Kier alpha value is -4.70. The van der Waals surface area contributed by atoms with Gasteiger partial charge in [0.2, 0.25) is 0 Å². The summed E-state index contributed by atoms with van der Waals surface area (Å²) in [6, 6.07) is 38.6. The lowest BCUT2D eigenvalue weighted by Gasteiger charge is -2.22. The largest absolute Gasteiger partial charge is 0.425 e. The molecule has 4 heteroatoms. The first-order valence-electron chi connectivity index (χ1n) is 13.0. The predicted octanol–water partition coefficient (Wildman–Crippen LogP) is 7.67. The van der Waals surface area contributed by atoms with E-state index in [0.717, 1.165) is 22.3 Å². The predicted molar refractivity (Wildman–Crippen MR) is 155 cm³/mol. The van der Waals surface area contributed by atoms with Crippen LogP contribution in [0.4, 0.5) is 0 Å². The molecule has 0 amide bonds. The molecule has 0 radical (unpaired) electrons. The summed E-state index contributed by atoms with van der Waals surface area (Å²) >= 11 is 0. The molecule has 0 aromatic heterocycles. The molecule has 4 aromatic rings. The summed E-state index contributed by atoms with van der Waals surface area (Å²) in [5, 5.41) is 0. The summed E-state index contributed by atoms with van der Waals surface area (Å²) in [7, 11) is 0. The van der Waals surface area contributed by atoms with E-state index in [0.29, 0.717) is 24.4 Å². The van der Waals surface area contributed by atoms with Gasteiger partial charge in [0, 0.05) is 11.1 Å². The molecule has 0 fully saturated rings. The van der Waals surface area contributed by atoms with Crippen LogP contribution >= 0.6 is 0 Å². The van der Waals surface area contributed by atoms with Crippen molar-refractivity contribution in [1.82, 2.24) is 0 Å². The van der Waals surface area contributed by atoms with Crippen LogP contribution in [0.25, 0.3) is 11.5 Å². The maximum Gasteiger partial charge on any atom is 0.328 e. The van der Waals surface area contributed by atoms with Crippen LogP contribution in [0.5, 0.6) is 0 Å². The number of rotatable bonds is 10. The molecule has 0 heterocycles. The highest BCUT2D eigenvalue weighted by Crippen LogP contribution is 2.28. The standard InChI is InChI=1S/C35H32O4/c1-35(2,33(36)38-31(29-19-11-5-12-20-29)25-23-27-15-7-3-8-16-27)34(37)39-32(30-21-13-6-14-22-30)26-24-28-17-9-4-10-18-28/h3-22,25-26H,23-24H2,1-2H3. The Kier molecular flexibility index (Phi) is 9.25. The van der Waals surface area contributed by atoms with Crippen LogP contribution in [0.1, 0.15) is 36.1 Å². The van der Waals surface area contributed by atoms with Crippen LogP contribution in [-0.4, -0.2) is 11.9 Å². The summed E-state index contributed by atoms with van der Waals surface area (Å²) in [5.74, 6) is -0.585. The van der Waals surface area contributed by atoms with E-state index in [4.69, 9.17) is 9.47 Å². The van der Waals surface area contributed by atoms with E-state index in [1.54, 1.807) is 0 Å². The molecule has 4 aromatic carbocycles. The van der Waals surface area contributed by atoms with E-state index >= 15 is 0 Å². The van der Waals surface area contributed by atoms with Crippen molar-refractivity contribution in [2.24, 2.45) is 5.41 Å². The normalized spacial score (nSPS) is 12.1. The zero-order valence-electron chi connectivity index (χ0n) is 22.2. The number of esters is 2. The highest BCUT2D eigenvalue weighted by atomic mass is 16.6. The minimum absolute atomic E-state index is 0.397. The Labute approximate surface area is 230 Å². The van der Waals surface area contributed by atoms with Crippen molar-refractivity contribution in [3.8, 4) is 0 Å². The maximum absolute atomic E-state index is 13.4. The van der Waals surface area contributed by atoms with Crippen molar-refractivity contribution in [1.29, 1.82) is 0 Å². The topological polar surface area (TPSA) is 52.6 Å². The average Bonchev–Trinajstić information content (AvgIpc) is 2.99. The molecule has 0 saturated heterocycles. The highest BCUT2D eigenvalue weighted by Gasteiger charge is 2.41. The second kappa shape index (κ2) is 13.2. The second-order valence-electron chi connectivity index (χ2n) is 9.65. The van der Waals surface area contributed by atoms with Gasteiger partial charge in [-0.1, -0.05) is 121 Å². The Balaban J connectivity index is 1.54. The van der Waals surface area contributed by atoms with Crippen LogP contribution in [0, 0.1) is 5.41 Å². The Morgan fingerprint density at radius 2 is 0.846 bits per heavy atom. The number of ether oxygens (including phenoxy) is 2. The number of hydrogen-bond acceptors (Lipinski definition) is 4. The van der Waals surface area contributed by atoms with Gasteiger partial charge in [-0.05, 0) is 50.0 Å². The van der Waals surface area contributed by atoms with Gasteiger partial charge in [0.15, 0.2) is 5.41 Å². The van der Waals surface area contributed by atoms with Crippen LogP contribution in [-0.2, 0) is 31.9 Å². The van der Waals surface area contributed by atoms with Crippen molar-refractivity contribution < 1.29 is 19.1 Å². The van der Waals surface area contributed by atoms with E-state index in [1.807, 2.05) is 133 Å². The smallest absolute Gasteiger partial charge is 0.328 e. The molecule has 0 spiro atoms. The number of carbonyl (C=O) groups is 2. The number of hydrogen-bond donors (Lipinski definition) is 0. The molecule has 0 saturated carbocycles. The van der Waals surface area contributed by atoms with Crippen molar-refractivity contribution in [3.63, 3.8) is 0 Å². The molecule has 0 unspecified atom stereocenters. The summed E-state index contributed by atoms with van der Waals surface area (Å²) in [6.07, 6.45) is 4.87. The fourth-order valence-electron chi connectivity index (χ4n) is 3.83. The molecule has 0 bridgehead atoms. The Morgan fingerprint density at radius 1 is 0.538 bits per heavy atom. The third kappa shape index (κ3) is 7.65. The number of allylic oxidation sites excluding steroid dienone is 2. The molecule has 4 nitrogen and oxygen atoms in total. The fourth-order valence-corrected chi connectivity index (χ4v) is 3.83. The lowest BCUT2D eigenvalue weighted by atomic mass is 9.93. The third-order valence-corrected chi connectivity index (χ3v) is 6.27. The first kappa shape index (κ1) is 27.3. The minimum Gasteiger partial charge on any atom is -0.425 e. The van der Waals surface area contributed by atoms with E-state index in [-0.39, 0.29) is 0 Å². The van der Waals surface area contributed by atoms with E-state index in [9.17, 15) is 9.59 Å². The molecule has 39 heavy (non-hydrogen) atoms. The molecule has 4 rings (SSSR count). The number of benzene rings is 4. The molecule has 0 N–H and O–H groups in total. The quantitative estimate of drug-likeness (QED) is 0.123. The van der Waals surface area contributed by atoms with Crippen LogP contribution in [0.15, 0.2) is 133 Å². The Bertz CT molecular complexity index is 1310. The fraction of sp³-hybridized carbons (Fsp3) is 0.143. The molecular weight excluding hydrogens is 484 g/mol. The van der Waals surface area contributed by atoms with Gasteiger partial charge in [-0.15, -0.1) is 0 Å². The van der Waals surface area contributed by atoms with Crippen LogP contribution < -0.4 is 0 Å². The monoisotopic (exact) mass is 516 g/mol. The molecule has 196 valence electrons. The van der Waals surface area contributed by atoms with E-state index < -0.39 is 17.4 Å². The second-order valence-corrected chi connectivity index (χ2v) is 9.65. The van der Waals surface area contributed by atoms with Gasteiger partial charge in [0.05, 0.1) is 0 Å². The number of carbonyl (C=O) groups excluding carboxylic acids is 2. The third-order valence-electron chi connectivity index (χ3n) is 6.27. The van der Waals surface area contributed by atoms with Gasteiger partial charge >= 0.3 is 11.9 Å². The summed E-state index contributed by atoms with van der Waals surface area (Å²) in [4.78, 5) is 26.8. The lowest BCUT2D eigenvalue weighted by molar-refractivity contribution is -0.161. The molecular formula is C35H32O4. The van der Waals surface area contributed by atoms with E-state index in [2.05, 4.69) is 0 Å². The summed E-state index contributed by atoms with van der Waals surface area (Å²) in [6.45, 7) is 3.05.